The van der Waals surface area contributed by atoms with Crippen molar-refractivity contribution in [2.75, 3.05) is 13.1 Å². The maximum absolute atomic E-state index is 12.4. The van der Waals surface area contributed by atoms with Gasteiger partial charge in [-0.1, -0.05) is 5.16 Å². The average Bonchev–Trinajstić information content (AvgIpc) is 3.25. The molecule has 7 nitrogen and oxygen atoms in total. The van der Waals surface area contributed by atoms with Crippen LogP contribution in [0.1, 0.15) is 41.0 Å². The molecule has 2 aliphatic rings. The fourth-order valence-corrected chi connectivity index (χ4v) is 3.30. The van der Waals surface area contributed by atoms with Crippen molar-refractivity contribution < 1.29 is 18.5 Å². The molecule has 0 bridgehead atoms. The van der Waals surface area contributed by atoms with Crippen LogP contribution in [0.3, 0.4) is 0 Å². The van der Waals surface area contributed by atoms with Gasteiger partial charge in [0.1, 0.15) is 12.4 Å². The lowest BCUT2D eigenvalue weighted by molar-refractivity contribution is -0.00749. The summed E-state index contributed by atoms with van der Waals surface area (Å²) in [5.74, 6) is 1.59. The fraction of sp³-hybridized carbons (Fsp3) is 0.533. The van der Waals surface area contributed by atoms with Gasteiger partial charge in [-0.05, 0) is 24.8 Å². The van der Waals surface area contributed by atoms with E-state index in [9.17, 15) is 4.79 Å². The van der Waals surface area contributed by atoms with E-state index in [0.717, 1.165) is 19.4 Å². The number of piperidine rings is 1. The summed E-state index contributed by atoms with van der Waals surface area (Å²) >= 11 is 0. The quantitative estimate of drug-likeness (QED) is 0.843. The Kier molecular flexibility index (Phi) is 3.22. The predicted molar refractivity (Wildman–Crippen MR) is 74.0 cm³/mol. The number of carbonyl (C=O) groups excluding carboxylic acids is 1. The molecule has 0 aliphatic carbocycles. The van der Waals surface area contributed by atoms with Crippen molar-refractivity contribution in [2.24, 2.45) is 5.92 Å². The Balaban J connectivity index is 1.44. The van der Waals surface area contributed by atoms with E-state index in [1.165, 1.54) is 12.5 Å². The zero-order valence-corrected chi connectivity index (χ0v) is 12.3. The molecule has 4 heterocycles. The smallest absolute Gasteiger partial charge is 0.257 e. The average molecular weight is 303 g/mol. The van der Waals surface area contributed by atoms with Gasteiger partial charge in [0.2, 0.25) is 11.7 Å². The van der Waals surface area contributed by atoms with Crippen molar-refractivity contribution in [1.82, 2.24) is 15.0 Å². The van der Waals surface area contributed by atoms with Crippen LogP contribution in [0.4, 0.5) is 0 Å². The number of aryl methyl sites for hydroxylation is 1. The van der Waals surface area contributed by atoms with E-state index in [-0.39, 0.29) is 18.1 Å². The van der Waals surface area contributed by atoms with Crippen LogP contribution < -0.4 is 0 Å². The molecular weight excluding hydrogens is 286 g/mol. The number of amides is 1. The third kappa shape index (κ3) is 2.31. The van der Waals surface area contributed by atoms with Crippen molar-refractivity contribution >= 4 is 5.91 Å². The Hall–Kier alpha value is -2.15. The molecular formula is C15H17N3O4. The number of rotatable bonds is 2. The first kappa shape index (κ1) is 13.5. The second-order valence-electron chi connectivity index (χ2n) is 5.88. The molecule has 0 radical (unpaired) electrons. The normalized spacial score (nSPS) is 27.9. The third-order valence-electron chi connectivity index (χ3n) is 4.44. The molecule has 0 aromatic carbocycles. The monoisotopic (exact) mass is 303 g/mol. The Labute approximate surface area is 127 Å². The molecule has 2 saturated heterocycles. The molecule has 116 valence electrons. The number of hydrogen-bond donors (Lipinski definition) is 0. The summed E-state index contributed by atoms with van der Waals surface area (Å²) in [5.41, 5.74) is 0.585. The van der Waals surface area contributed by atoms with E-state index in [0.29, 0.717) is 29.7 Å². The van der Waals surface area contributed by atoms with E-state index in [1.807, 2.05) is 4.90 Å². The standard InChI is InChI=1S/C15H17N3O4/c1-9-16-14(17-22-9)12-6-10-2-4-18(7-13(10)21-12)15(19)11-3-5-20-8-11/h3,5,8,10,12-13H,2,4,6-7H2,1H3/t10-,12+,13+/m1/s1. The Morgan fingerprint density at radius 2 is 2.36 bits per heavy atom. The number of furan rings is 1. The lowest BCUT2D eigenvalue weighted by Gasteiger charge is -2.33. The molecule has 2 aromatic rings. The first-order chi connectivity index (χ1) is 10.7. The molecule has 3 atom stereocenters. The van der Waals surface area contributed by atoms with E-state index < -0.39 is 0 Å². The molecule has 7 heteroatoms. The number of aromatic nitrogens is 2. The summed E-state index contributed by atoms with van der Waals surface area (Å²) in [6, 6.07) is 1.69. The summed E-state index contributed by atoms with van der Waals surface area (Å²) < 4.78 is 16.1. The van der Waals surface area contributed by atoms with Crippen LogP contribution in [-0.2, 0) is 4.74 Å². The summed E-state index contributed by atoms with van der Waals surface area (Å²) in [5, 5.41) is 3.95. The van der Waals surface area contributed by atoms with E-state index in [2.05, 4.69) is 10.1 Å². The third-order valence-corrected chi connectivity index (χ3v) is 4.44. The number of likely N-dealkylation sites (tertiary alicyclic amines) is 1. The van der Waals surface area contributed by atoms with Crippen LogP contribution in [0.5, 0.6) is 0 Å². The van der Waals surface area contributed by atoms with Crippen LogP contribution in [0, 0.1) is 12.8 Å². The highest BCUT2D eigenvalue weighted by molar-refractivity contribution is 5.93. The van der Waals surface area contributed by atoms with Gasteiger partial charge in [0.15, 0.2) is 0 Å². The minimum absolute atomic E-state index is 0.00495. The first-order valence-electron chi connectivity index (χ1n) is 7.48. The van der Waals surface area contributed by atoms with E-state index in [4.69, 9.17) is 13.7 Å². The molecule has 4 rings (SSSR count). The molecule has 1 amide bonds. The van der Waals surface area contributed by atoms with Crippen LogP contribution in [0.15, 0.2) is 27.5 Å². The largest absolute Gasteiger partial charge is 0.472 e. The maximum Gasteiger partial charge on any atom is 0.257 e. The first-order valence-corrected chi connectivity index (χ1v) is 7.48. The Morgan fingerprint density at radius 1 is 1.45 bits per heavy atom. The molecule has 2 aliphatic heterocycles. The van der Waals surface area contributed by atoms with Gasteiger partial charge in [0.25, 0.3) is 5.91 Å². The zero-order valence-electron chi connectivity index (χ0n) is 12.3. The van der Waals surface area contributed by atoms with Gasteiger partial charge in [-0.15, -0.1) is 0 Å². The van der Waals surface area contributed by atoms with Crippen molar-refractivity contribution in [3.63, 3.8) is 0 Å². The molecule has 2 fully saturated rings. The highest BCUT2D eigenvalue weighted by atomic mass is 16.5. The summed E-state index contributed by atoms with van der Waals surface area (Å²) in [6.45, 7) is 3.11. The molecule has 0 unspecified atom stereocenters. The van der Waals surface area contributed by atoms with E-state index >= 15 is 0 Å². The molecule has 2 aromatic heterocycles. The predicted octanol–water partition coefficient (Wildman–Crippen LogP) is 1.96. The highest BCUT2D eigenvalue weighted by Gasteiger charge is 2.42. The Morgan fingerprint density at radius 3 is 3.09 bits per heavy atom. The molecule has 0 spiro atoms. The summed E-state index contributed by atoms with van der Waals surface area (Å²) in [7, 11) is 0. The minimum atomic E-state index is -0.128. The second-order valence-corrected chi connectivity index (χ2v) is 5.88. The van der Waals surface area contributed by atoms with Crippen LogP contribution in [-0.4, -0.2) is 40.1 Å². The summed E-state index contributed by atoms with van der Waals surface area (Å²) in [4.78, 5) is 18.5. The van der Waals surface area contributed by atoms with Gasteiger partial charge in [-0.2, -0.15) is 4.98 Å². The van der Waals surface area contributed by atoms with E-state index in [1.54, 1.807) is 13.0 Å². The van der Waals surface area contributed by atoms with Gasteiger partial charge >= 0.3 is 0 Å². The van der Waals surface area contributed by atoms with Crippen molar-refractivity contribution in [2.45, 2.75) is 32.0 Å². The number of hydrogen-bond acceptors (Lipinski definition) is 6. The molecule has 0 saturated carbocycles. The van der Waals surface area contributed by atoms with Crippen molar-refractivity contribution in [3.05, 3.63) is 35.9 Å². The number of ether oxygens (including phenoxy) is 1. The molecule has 22 heavy (non-hydrogen) atoms. The van der Waals surface area contributed by atoms with Crippen molar-refractivity contribution in [1.29, 1.82) is 0 Å². The SMILES string of the molecule is Cc1nc([C@@H]2C[C@H]3CCN(C(=O)c4ccoc4)C[C@@H]3O2)no1. The van der Waals surface area contributed by atoms with Gasteiger partial charge in [-0.3, -0.25) is 4.79 Å². The van der Waals surface area contributed by atoms with Crippen LogP contribution >= 0.6 is 0 Å². The Bertz CT molecular complexity index is 666. The zero-order chi connectivity index (χ0) is 15.1. The minimum Gasteiger partial charge on any atom is -0.472 e. The number of carbonyl (C=O) groups is 1. The summed E-state index contributed by atoms with van der Waals surface area (Å²) in [6.07, 6.45) is 4.72. The van der Waals surface area contributed by atoms with Crippen molar-refractivity contribution in [3.8, 4) is 0 Å². The van der Waals surface area contributed by atoms with Gasteiger partial charge < -0.3 is 18.6 Å². The van der Waals surface area contributed by atoms with Gasteiger partial charge in [0, 0.05) is 20.0 Å². The molecule has 0 N–H and O–H groups in total. The second kappa shape index (κ2) is 5.24. The topological polar surface area (TPSA) is 81.6 Å². The maximum atomic E-state index is 12.4. The van der Waals surface area contributed by atoms with Crippen LogP contribution in [0.2, 0.25) is 0 Å². The lowest BCUT2D eigenvalue weighted by Crippen LogP contribution is -2.45. The van der Waals surface area contributed by atoms with Gasteiger partial charge in [0.05, 0.1) is 17.9 Å². The number of nitrogens with zero attached hydrogens (tertiary/aromatic N) is 3. The highest BCUT2D eigenvalue weighted by Crippen LogP contribution is 2.40. The fourth-order valence-electron chi connectivity index (χ4n) is 3.30. The lowest BCUT2D eigenvalue weighted by atomic mass is 9.91. The van der Waals surface area contributed by atoms with Gasteiger partial charge in [-0.25, -0.2) is 0 Å². The number of fused-ring (bicyclic) bond motifs is 1. The van der Waals surface area contributed by atoms with Crippen LogP contribution in [0.25, 0.3) is 0 Å².